The summed E-state index contributed by atoms with van der Waals surface area (Å²) < 4.78 is 10.3. The van der Waals surface area contributed by atoms with E-state index < -0.39 is 0 Å². The maximum absolute atomic E-state index is 12.0. The summed E-state index contributed by atoms with van der Waals surface area (Å²) >= 11 is 1.46. The lowest BCUT2D eigenvalue weighted by molar-refractivity contribution is -0.117. The van der Waals surface area contributed by atoms with Crippen molar-refractivity contribution in [2.75, 3.05) is 18.5 Å². The van der Waals surface area contributed by atoms with Crippen molar-refractivity contribution in [3.63, 3.8) is 0 Å². The summed E-state index contributed by atoms with van der Waals surface area (Å²) in [6.45, 7) is 2.92. The summed E-state index contributed by atoms with van der Waals surface area (Å²) in [5.41, 5.74) is 2.46. The largest absolute Gasteiger partial charge is 0.494 e. The number of nitrogens with zero attached hydrogens (tertiary/aromatic N) is 1. The number of thiazole rings is 1. The third-order valence-corrected chi connectivity index (χ3v) is 4.02. The van der Waals surface area contributed by atoms with Gasteiger partial charge in [-0.25, -0.2) is 4.98 Å². The third-order valence-electron chi connectivity index (χ3n) is 3.11. The second-order valence-corrected chi connectivity index (χ2v) is 6.07. The number of benzene rings is 1. The van der Waals surface area contributed by atoms with E-state index in [-0.39, 0.29) is 11.7 Å². The molecule has 0 aliphatic carbocycles. The van der Waals surface area contributed by atoms with Crippen LogP contribution in [0.15, 0.2) is 42.5 Å². The number of hydrogen-bond acceptors (Lipinski definition) is 5. The molecule has 0 radical (unpaired) electrons. The Morgan fingerprint density at radius 1 is 1.41 bits per heavy atom. The van der Waals surface area contributed by atoms with E-state index in [0.29, 0.717) is 18.3 Å². The number of hydrogen-bond donors (Lipinski definition) is 1. The van der Waals surface area contributed by atoms with Gasteiger partial charge in [0.2, 0.25) is 5.76 Å². The smallest absolute Gasteiger partial charge is 0.295 e. The number of ether oxygens (including phenoxy) is 2. The second kappa shape index (κ2) is 6.62. The summed E-state index contributed by atoms with van der Waals surface area (Å²) in [6.07, 6.45) is 3.92. The van der Waals surface area contributed by atoms with Gasteiger partial charge in [-0.1, -0.05) is 29.8 Å². The quantitative estimate of drug-likeness (QED) is 0.942. The Labute approximate surface area is 132 Å². The summed E-state index contributed by atoms with van der Waals surface area (Å²) in [6, 6.07) is 8.35. The Morgan fingerprint density at radius 2 is 2.32 bits per heavy atom. The van der Waals surface area contributed by atoms with Crippen LogP contribution in [0.5, 0.6) is 0 Å². The Kier molecular flexibility index (Phi) is 4.39. The molecule has 0 atom stereocenters. The zero-order valence-electron chi connectivity index (χ0n) is 12.2. The molecule has 0 bridgehead atoms. The highest BCUT2D eigenvalue weighted by Crippen LogP contribution is 2.22. The highest BCUT2D eigenvalue weighted by Gasteiger charge is 2.16. The van der Waals surface area contributed by atoms with Gasteiger partial charge in [-0.3, -0.25) is 10.1 Å². The van der Waals surface area contributed by atoms with Gasteiger partial charge in [0.15, 0.2) is 5.13 Å². The lowest BCUT2D eigenvalue weighted by atomic mass is 10.1. The van der Waals surface area contributed by atoms with Crippen molar-refractivity contribution < 1.29 is 14.3 Å². The Hall–Kier alpha value is -2.34. The van der Waals surface area contributed by atoms with Crippen molar-refractivity contribution in [1.82, 2.24) is 4.98 Å². The number of anilines is 1. The molecule has 0 fully saturated rings. The zero-order chi connectivity index (χ0) is 15.4. The van der Waals surface area contributed by atoms with Crippen LogP contribution in [0.4, 0.5) is 5.13 Å². The first-order chi connectivity index (χ1) is 10.7. The van der Waals surface area contributed by atoms with E-state index in [1.165, 1.54) is 28.7 Å². The Bertz CT molecular complexity index is 709. The van der Waals surface area contributed by atoms with E-state index in [1.54, 1.807) is 6.20 Å². The molecule has 1 aromatic heterocycles. The molecule has 0 unspecified atom stereocenters. The van der Waals surface area contributed by atoms with Crippen LogP contribution in [0.2, 0.25) is 0 Å². The van der Waals surface area contributed by atoms with Crippen molar-refractivity contribution in [2.24, 2.45) is 0 Å². The van der Waals surface area contributed by atoms with Crippen LogP contribution in [0.3, 0.4) is 0 Å². The molecule has 2 heterocycles. The molecule has 1 aromatic carbocycles. The lowest BCUT2D eigenvalue weighted by Crippen LogP contribution is -2.20. The van der Waals surface area contributed by atoms with E-state index >= 15 is 0 Å². The molecule has 1 aliphatic rings. The van der Waals surface area contributed by atoms with Crippen LogP contribution in [0.1, 0.15) is 16.0 Å². The maximum Gasteiger partial charge on any atom is 0.295 e. The van der Waals surface area contributed by atoms with Crippen molar-refractivity contribution in [3.8, 4) is 0 Å². The van der Waals surface area contributed by atoms with Crippen molar-refractivity contribution in [2.45, 2.75) is 13.3 Å². The first-order valence-electron chi connectivity index (χ1n) is 6.97. The minimum absolute atomic E-state index is 0.182. The number of rotatable bonds is 4. The third kappa shape index (κ3) is 3.65. The molecule has 0 spiro atoms. The number of amides is 1. The predicted molar refractivity (Wildman–Crippen MR) is 84.7 cm³/mol. The fourth-order valence-electron chi connectivity index (χ4n) is 2.12. The number of carbonyl (C=O) groups is 1. The average Bonchev–Trinajstić information content (AvgIpc) is 2.95. The predicted octanol–water partition coefficient (Wildman–Crippen LogP) is 2.87. The molecular formula is C16H16N2O3S. The highest BCUT2D eigenvalue weighted by molar-refractivity contribution is 7.15. The van der Waals surface area contributed by atoms with Crippen LogP contribution >= 0.6 is 11.3 Å². The lowest BCUT2D eigenvalue weighted by Gasteiger charge is -2.14. The standard InChI is InChI=1S/C16H16N2O3S/c1-11-3-2-4-12(7-11)8-13-9-17-16(22-13)18-15(19)14-10-20-5-6-21-14/h2-4,7,9-10H,5-6,8H2,1H3,(H,17,18,19). The molecule has 1 aliphatic heterocycles. The fraction of sp³-hybridized carbons (Fsp3) is 0.250. The molecule has 1 amide bonds. The van der Waals surface area contributed by atoms with Gasteiger partial charge in [-0.2, -0.15) is 0 Å². The number of carbonyl (C=O) groups excluding carboxylic acids is 1. The summed E-state index contributed by atoms with van der Waals surface area (Å²) in [7, 11) is 0. The van der Waals surface area contributed by atoms with Crippen molar-refractivity contribution >= 4 is 22.4 Å². The van der Waals surface area contributed by atoms with Gasteiger partial charge in [-0.05, 0) is 12.5 Å². The topological polar surface area (TPSA) is 60.5 Å². The first kappa shape index (κ1) is 14.6. The van der Waals surface area contributed by atoms with E-state index in [0.717, 1.165) is 11.3 Å². The molecule has 114 valence electrons. The van der Waals surface area contributed by atoms with E-state index in [1.807, 2.05) is 6.07 Å². The van der Waals surface area contributed by atoms with Gasteiger partial charge >= 0.3 is 0 Å². The summed E-state index contributed by atoms with van der Waals surface area (Å²) in [5, 5.41) is 3.28. The summed E-state index contributed by atoms with van der Waals surface area (Å²) in [4.78, 5) is 17.3. The van der Waals surface area contributed by atoms with Crippen LogP contribution < -0.4 is 5.32 Å². The van der Waals surface area contributed by atoms with Gasteiger partial charge in [-0.15, -0.1) is 11.3 Å². The van der Waals surface area contributed by atoms with Gasteiger partial charge in [0, 0.05) is 17.5 Å². The summed E-state index contributed by atoms with van der Waals surface area (Å²) in [5.74, 6) is -0.155. The minimum atomic E-state index is -0.337. The fourth-order valence-corrected chi connectivity index (χ4v) is 2.96. The number of aromatic nitrogens is 1. The van der Waals surface area contributed by atoms with Gasteiger partial charge in [0.25, 0.3) is 5.91 Å². The van der Waals surface area contributed by atoms with Crippen molar-refractivity contribution in [3.05, 3.63) is 58.5 Å². The zero-order valence-corrected chi connectivity index (χ0v) is 13.0. The van der Waals surface area contributed by atoms with Crippen LogP contribution in [-0.4, -0.2) is 24.1 Å². The molecule has 2 aromatic rings. The molecule has 0 saturated carbocycles. The molecule has 6 heteroatoms. The van der Waals surface area contributed by atoms with E-state index in [4.69, 9.17) is 9.47 Å². The van der Waals surface area contributed by atoms with Crippen LogP contribution in [0.25, 0.3) is 0 Å². The number of aryl methyl sites for hydroxylation is 1. The Morgan fingerprint density at radius 3 is 3.09 bits per heavy atom. The monoisotopic (exact) mass is 316 g/mol. The van der Waals surface area contributed by atoms with Crippen LogP contribution in [0, 0.1) is 6.92 Å². The molecule has 0 saturated heterocycles. The molecule has 5 nitrogen and oxygen atoms in total. The van der Waals surface area contributed by atoms with Gasteiger partial charge < -0.3 is 9.47 Å². The molecule has 3 rings (SSSR count). The van der Waals surface area contributed by atoms with E-state index in [9.17, 15) is 4.79 Å². The second-order valence-electron chi connectivity index (χ2n) is 4.95. The molecular weight excluding hydrogens is 300 g/mol. The van der Waals surface area contributed by atoms with Gasteiger partial charge in [0.1, 0.15) is 19.5 Å². The first-order valence-corrected chi connectivity index (χ1v) is 7.78. The average molecular weight is 316 g/mol. The highest BCUT2D eigenvalue weighted by atomic mass is 32.1. The van der Waals surface area contributed by atoms with E-state index in [2.05, 4.69) is 35.4 Å². The Balaban J connectivity index is 1.63. The maximum atomic E-state index is 12.0. The van der Waals surface area contributed by atoms with Gasteiger partial charge in [0.05, 0.1) is 0 Å². The normalized spacial score (nSPS) is 13.8. The molecule has 22 heavy (non-hydrogen) atoms. The molecule has 1 N–H and O–H groups in total. The minimum Gasteiger partial charge on any atom is -0.494 e. The number of nitrogens with one attached hydrogen (secondary N) is 1. The van der Waals surface area contributed by atoms with Crippen molar-refractivity contribution in [1.29, 1.82) is 0 Å². The SMILES string of the molecule is Cc1cccc(Cc2cnc(NC(=O)C3=COCCO3)s2)c1. The van der Waals surface area contributed by atoms with Crippen LogP contribution in [-0.2, 0) is 20.7 Å².